The maximum atomic E-state index is 11.9. The van der Waals surface area contributed by atoms with E-state index >= 15 is 0 Å². The van der Waals surface area contributed by atoms with E-state index < -0.39 is 10.0 Å². The second kappa shape index (κ2) is 6.71. The van der Waals surface area contributed by atoms with Gasteiger partial charge in [0.2, 0.25) is 10.0 Å². The van der Waals surface area contributed by atoms with Crippen molar-refractivity contribution in [1.82, 2.24) is 4.31 Å². The maximum absolute atomic E-state index is 11.9. The molecule has 17 heavy (non-hydrogen) atoms. The molecule has 0 spiro atoms. The van der Waals surface area contributed by atoms with Gasteiger partial charge in [-0.25, -0.2) is 12.7 Å². The first-order valence-electron chi connectivity index (χ1n) is 6.59. The van der Waals surface area contributed by atoms with Gasteiger partial charge in [0.15, 0.2) is 0 Å². The van der Waals surface area contributed by atoms with Gasteiger partial charge in [-0.2, -0.15) is 0 Å². The van der Waals surface area contributed by atoms with Crippen LogP contribution in [-0.2, 0) is 14.8 Å². The van der Waals surface area contributed by atoms with Crippen LogP contribution in [0, 0.1) is 0 Å². The lowest BCUT2D eigenvalue weighted by atomic mass is 10.1. The zero-order valence-electron chi connectivity index (χ0n) is 11.2. The van der Waals surface area contributed by atoms with Gasteiger partial charge < -0.3 is 4.74 Å². The van der Waals surface area contributed by atoms with Gasteiger partial charge in [0.05, 0.1) is 11.4 Å². The summed E-state index contributed by atoms with van der Waals surface area (Å²) in [5, 5.41) is -0.319. The third kappa shape index (κ3) is 4.23. The highest BCUT2D eigenvalue weighted by atomic mass is 32.2. The summed E-state index contributed by atoms with van der Waals surface area (Å²) in [5.41, 5.74) is 0. The average Bonchev–Trinajstić information content (AvgIpc) is 2.30. The van der Waals surface area contributed by atoms with E-state index in [0.717, 1.165) is 32.3 Å². The highest BCUT2D eigenvalue weighted by Gasteiger charge is 2.30. The van der Waals surface area contributed by atoms with E-state index in [1.54, 1.807) is 18.2 Å². The zero-order valence-corrected chi connectivity index (χ0v) is 12.0. The highest BCUT2D eigenvalue weighted by molar-refractivity contribution is 7.89. The van der Waals surface area contributed by atoms with Crippen molar-refractivity contribution in [2.75, 3.05) is 19.7 Å². The molecule has 102 valence electrons. The Kier molecular flexibility index (Phi) is 5.89. The van der Waals surface area contributed by atoms with Crippen LogP contribution in [0.1, 0.15) is 46.5 Å². The Bertz CT molecular complexity index is 306. The fourth-order valence-electron chi connectivity index (χ4n) is 1.95. The fourth-order valence-corrected chi connectivity index (χ4v) is 3.26. The summed E-state index contributed by atoms with van der Waals surface area (Å²) in [6.07, 6.45) is 4.14. The molecule has 5 heteroatoms. The van der Waals surface area contributed by atoms with Crippen molar-refractivity contribution < 1.29 is 13.2 Å². The van der Waals surface area contributed by atoms with E-state index in [0.29, 0.717) is 13.1 Å². The molecule has 1 fully saturated rings. The smallest absolute Gasteiger partial charge is 0.216 e. The minimum atomic E-state index is -3.07. The minimum Gasteiger partial charge on any atom is -0.378 e. The van der Waals surface area contributed by atoms with Crippen molar-refractivity contribution in [1.29, 1.82) is 0 Å². The van der Waals surface area contributed by atoms with Gasteiger partial charge >= 0.3 is 0 Å². The summed E-state index contributed by atoms with van der Waals surface area (Å²) in [6.45, 7) is 7.63. The molecule has 0 atom stereocenters. The number of sulfonamides is 1. The molecule has 0 bridgehead atoms. The first-order chi connectivity index (χ1) is 7.98. The van der Waals surface area contributed by atoms with Crippen LogP contribution in [0.5, 0.6) is 0 Å². The Balaban J connectivity index is 2.36. The highest BCUT2D eigenvalue weighted by Crippen LogP contribution is 2.19. The molecule has 1 aliphatic rings. The largest absolute Gasteiger partial charge is 0.378 e. The van der Waals surface area contributed by atoms with Crippen LogP contribution >= 0.6 is 0 Å². The lowest BCUT2D eigenvalue weighted by molar-refractivity contribution is 0.0197. The molecule has 0 aromatic rings. The molecular formula is C12H25NO3S. The predicted octanol–water partition coefficient (Wildman–Crippen LogP) is 2.01. The number of nitrogens with zero attached hydrogens (tertiary/aromatic N) is 1. The van der Waals surface area contributed by atoms with E-state index in [4.69, 9.17) is 4.74 Å². The monoisotopic (exact) mass is 263 g/mol. The minimum absolute atomic E-state index is 0.250. The Labute approximate surface area is 105 Å². The van der Waals surface area contributed by atoms with Crippen LogP contribution in [0.3, 0.4) is 0 Å². The van der Waals surface area contributed by atoms with Crippen molar-refractivity contribution in [3.05, 3.63) is 0 Å². The molecule has 1 saturated heterocycles. The lowest BCUT2D eigenvalue weighted by Gasteiger charge is -2.32. The quantitative estimate of drug-likeness (QED) is 0.689. The van der Waals surface area contributed by atoms with Gasteiger partial charge in [0.25, 0.3) is 0 Å². The number of piperidine rings is 1. The molecule has 0 saturated carbocycles. The number of unbranched alkanes of at least 4 members (excludes halogenated alkanes) is 1. The van der Waals surface area contributed by atoms with Gasteiger partial charge in [0.1, 0.15) is 0 Å². The summed E-state index contributed by atoms with van der Waals surface area (Å²) >= 11 is 0. The second-order valence-electron chi connectivity index (χ2n) is 4.92. The van der Waals surface area contributed by atoms with Crippen LogP contribution in [0.25, 0.3) is 0 Å². The number of ether oxygens (including phenoxy) is 1. The molecule has 4 nitrogen and oxygen atoms in total. The Hall–Kier alpha value is -0.130. The SMILES string of the molecule is CCCCOC1CCN(S(=O)(=O)C(C)C)CC1. The van der Waals surface area contributed by atoms with E-state index in [-0.39, 0.29) is 11.4 Å². The second-order valence-corrected chi connectivity index (χ2v) is 7.41. The molecule has 0 radical (unpaired) electrons. The summed E-state index contributed by atoms with van der Waals surface area (Å²) in [6, 6.07) is 0. The molecule has 0 aromatic heterocycles. The third-order valence-electron chi connectivity index (χ3n) is 3.21. The molecule has 1 aliphatic heterocycles. The molecule has 1 rings (SSSR count). The van der Waals surface area contributed by atoms with Crippen LogP contribution in [0.4, 0.5) is 0 Å². The van der Waals surface area contributed by atoms with Crippen LogP contribution in [0.2, 0.25) is 0 Å². The maximum Gasteiger partial charge on any atom is 0.216 e. The van der Waals surface area contributed by atoms with Crippen molar-refractivity contribution in [2.24, 2.45) is 0 Å². The van der Waals surface area contributed by atoms with Gasteiger partial charge in [-0.15, -0.1) is 0 Å². The van der Waals surface area contributed by atoms with Gasteiger partial charge in [0, 0.05) is 19.7 Å². The van der Waals surface area contributed by atoms with Crippen molar-refractivity contribution in [3.8, 4) is 0 Å². The van der Waals surface area contributed by atoms with Crippen molar-refractivity contribution in [2.45, 2.75) is 57.8 Å². The lowest BCUT2D eigenvalue weighted by Crippen LogP contribution is -2.43. The molecule has 0 N–H and O–H groups in total. The number of hydrogen-bond donors (Lipinski definition) is 0. The Morgan fingerprint density at radius 1 is 1.29 bits per heavy atom. The molecule has 0 aliphatic carbocycles. The fraction of sp³-hybridized carbons (Fsp3) is 1.00. The molecule has 0 amide bonds. The third-order valence-corrected chi connectivity index (χ3v) is 5.48. The molecule has 1 heterocycles. The summed E-state index contributed by atoms with van der Waals surface area (Å²) in [5.74, 6) is 0. The topological polar surface area (TPSA) is 46.6 Å². The van der Waals surface area contributed by atoms with Crippen molar-refractivity contribution >= 4 is 10.0 Å². The van der Waals surface area contributed by atoms with Gasteiger partial charge in [-0.3, -0.25) is 0 Å². The number of rotatable bonds is 6. The molecule has 0 aromatic carbocycles. The van der Waals surface area contributed by atoms with Crippen molar-refractivity contribution in [3.63, 3.8) is 0 Å². The first-order valence-corrected chi connectivity index (χ1v) is 8.09. The predicted molar refractivity (Wildman–Crippen MR) is 69.5 cm³/mol. The summed E-state index contributed by atoms with van der Waals surface area (Å²) < 4.78 is 31.2. The Morgan fingerprint density at radius 2 is 1.88 bits per heavy atom. The normalized spacial score (nSPS) is 20.0. The molecular weight excluding hydrogens is 238 g/mol. The Morgan fingerprint density at radius 3 is 2.35 bits per heavy atom. The van der Waals surface area contributed by atoms with E-state index in [1.165, 1.54) is 0 Å². The van der Waals surface area contributed by atoms with E-state index in [2.05, 4.69) is 6.92 Å². The van der Waals surface area contributed by atoms with E-state index in [9.17, 15) is 8.42 Å². The van der Waals surface area contributed by atoms with Crippen LogP contribution in [0.15, 0.2) is 0 Å². The van der Waals surface area contributed by atoms with E-state index in [1.807, 2.05) is 0 Å². The van der Waals surface area contributed by atoms with Gasteiger partial charge in [-0.1, -0.05) is 13.3 Å². The van der Waals surface area contributed by atoms with Crippen LogP contribution in [-0.4, -0.2) is 43.8 Å². The average molecular weight is 263 g/mol. The number of hydrogen-bond acceptors (Lipinski definition) is 3. The van der Waals surface area contributed by atoms with Gasteiger partial charge in [-0.05, 0) is 33.1 Å². The summed E-state index contributed by atoms with van der Waals surface area (Å²) in [7, 11) is -3.07. The standard InChI is InChI=1S/C12H25NO3S/c1-4-5-10-16-12-6-8-13(9-7-12)17(14,15)11(2)3/h11-12H,4-10H2,1-3H3. The first kappa shape index (κ1) is 14.9. The zero-order chi connectivity index (χ0) is 12.9. The molecule has 0 unspecified atom stereocenters. The van der Waals surface area contributed by atoms with Crippen LogP contribution < -0.4 is 0 Å². The summed E-state index contributed by atoms with van der Waals surface area (Å²) in [4.78, 5) is 0.